The van der Waals surface area contributed by atoms with Gasteiger partial charge in [-0.25, -0.2) is 0 Å². The molecule has 0 heterocycles. The molecule has 0 rings (SSSR count). The fourth-order valence-electron chi connectivity index (χ4n) is 2.23. The molecule has 0 unspecified atom stereocenters. The Morgan fingerprint density at radius 3 is 1.82 bits per heavy atom. The largest absolute Gasteiger partial charge is 0.481 e. The topological polar surface area (TPSA) is 37.3 Å². The second-order valence-electron chi connectivity index (χ2n) is 6.06. The van der Waals surface area contributed by atoms with Gasteiger partial charge < -0.3 is 5.11 Å². The smallest absolute Gasteiger partial charge is 0.303 e. The van der Waals surface area contributed by atoms with E-state index >= 15 is 0 Å². The molecule has 0 radical (unpaired) electrons. The minimum Gasteiger partial charge on any atom is -0.481 e. The summed E-state index contributed by atoms with van der Waals surface area (Å²) >= 11 is 0. The van der Waals surface area contributed by atoms with E-state index in [1.165, 1.54) is 32.1 Å². The number of aliphatic carboxylic acids is 1. The first-order valence-electron chi connectivity index (χ1n) is 7.13. The quantitative estimate of drug-likeness (QED) is 0.601. The van der Waals surface area contributed by atoms with Crippen molar-refractivity contribution < 1.29 is 9.90 Å². The van der Waals surface area contributed by atoms with E-state index in [9.17, 15) is 4.79 Å². The van der Waals surface area contributed by atoms with Gasteiger partial charge in [0.25, 0.3) is 0 Å². The highest BCUT2D eigenvalue weighted by Crippen LogP contribution is 2.20. The summed E-state index contributed by atoms with van der Waals surface area (Å²) in [5.74, 6) is 1.28. The van der Waals surface area contributed by atoms with Gasteiger partial charge in [0.15, 0.2) is 0 Å². The van der Waals surface area contributed by atoms with Crippen LogP contribution in [0.25, 0.3) is 0 Å². The first-order chi connectivity index (χ1) is 7.91. The van der Waals surface area contributed by atoms with Gasteiger partial charge in [0.05, 0.1) is 0 Å². The van der Waals surface area contributed by atoms with Crippen LogP contribution in [0, 0.1) is 17.8 Å². The highest BCUT2D eigenvalue weighted by Gasteiger charge is 2.09. The zero-order valence-corrected chi connectivity index (χ0v) is 12.0. The molecule has 0 bridgehead atoms. The van der Waals surface area contributed by atoms with Gasteiger partial charge in [0.2, 0.25) is 0 Å². The molecule has 0 amide bonds. The van der Waals surface area contributed by atoms with Crippen LogP contribution >= 0.6 is 0 Å². The molecule has 2 atom stereocenters. The monoisotopic (exact) mass is 242 g/mol. The van der Waals surface area contributed by atoms with E-state index in [1.54, 1.807) is 0 Å². The van der Waals surface area contributed by atoms with Gasteiger partial charge in [-0.15, -0.1) is 0 Å². The molecular weight excluding hydrogens is 212 g/mol. The molecule has 1 N–H and O–H groups in total. The molecule has 2 heteroatoms. The highest BCUT2D eigenvalue weighted by molar-refractivity contribution is 5.66. The van der Waals surface area contributed by atoms with Crippen molar-refractivity contribution in [3.05, 3.63) is 0 Å². The normalized spacial score (nSPS) is 14.9. The van der Waals surface area contributed by atoms with E-state index in [1.807, 2.05) is 6.92 Å². The summed E-state index contributed by atoms with van der Waals surface area (Å²) in [6.07, 6.45) is 7.80. The number of hydrogen-bond donors (Lipinski definition) is 1. The van der Waals surface area contributed by atoms with Crippen molar-refractivity contribution >= 4 is 5.97 Å². The van der Waals surface area contributed by atoms with E-state index in [4.69, 9.17) is 5.11 Å². The third-order valence-corrected chi connectivity index (χ3v) is 3.40. The predicted molar refractivity (Wildman–Crippen MR) is 73.1 cm³/mol. The molecule has 0 aliphatic carbocycles. The minimum absolute atomic E-state index is 0.321. The van der Waals surface area contributed by atoms with Crippen LogP contribution in [0.15, 0.2) is 0 Å². The molecule has 0 aliphatic rings. The molecule has 0 aliphatic heterocycles. The van der Waals surface area contributed by atoms with Crippen LogP contribution in [-0.4, -0.2) is 11.1 Å². The number of carboxylic acids is 1. The Morgan fingerprint density at radius 2 is 1.35 bits per heavy atom. The predicted octanol–water partition coefficient (Wildman–Crippen LogP) is 4.73. The van der Waals surface area contributed by atoms with Crippen molar-refractivity contribution in [2.75, 3.05) is 0 Å². The van der Waals surface area contributed by atoms with E-state index in [-0.39, 0.29) is 0 Å². The Kier molecular flexibility index (Phi) is 9.20. The Balaban J connectivity index is 3.44. The SMILES string of the molecule is CC(C)CCC[C@@H](C)CCC[C@H](C)CC(=O)O. The van der Waals surface area contributed by atoms with Gasteiger partial charge in [-0.05, 0) is 17.8 Å². The summed E-state index contributed by atoms with van der Waals surface area (Å²) in [6, 6.07) is 0. The van der Waals surface area contributed by atoms with Crippen molar-refractivity contribution in [2.24, 2.45) is 17.8 Å². The molecule has 17 heavy (non-hydrogen) atoms. The molecule has 0 aromatic heterocycles. The highest BCUT2D eigenvalue weighted by atomic mass is 16.4. The minimum atomic E-state index is -0.664. The van der Waals surface area contributed by atoms with Crippen LogP contribution in [0.3, 0.4) is 0 Å². The standard InChI is InChI=1S/C15H30O2/c1-12(2)7-5-8-13(3)9-6-10-14(4)11-15(16)17/h12-14H,5-11H2,1-4H3,(H,16,17)/t13-,14+/m1/s1. The summed E-state index contributed by atoms with van der Waals surface area (Å²) in [5.41, 5.74) is 0. The average molecular weight is 242 g/mol. The Bertz CT molecular complexity index is 199. The zero-order valence-electron chi connectivity index (χ0n) is 12.0. The van der Waals surface area contributed by atoms with Crippen molar-refractivity contribution in [1.82, 2.24) is 0 Å². The molecule has 0 fully saturated rings. The zero-order chi connectivity index (χ0) is 13.3. The summed E-state index contributed by atoms with van der Waals surface area (Å²) in [7, 11) is 0. The van der Waals surface area contributed by atoms with Crippen LogP contribution in [0.5, 0.6) is 0 Å². The average Bonchev–Trinajstić information content (AvgIpc) is 2.15. The lowest BCUT2D eigenvalue weighted by molar-refractivity contribution is -0.138. The maximum Gasteiger partial charge on any atom is 0.303 e. The molecule has 102 valence electrons. The van der Waals surface area contributed by atoms with Gasteiger partial charge in [0.1, 0.15) is 0 Å². The van der Waals surface area contributed by atoms with Gasteiger partial charge >= 0.3 is 5.97 Å². The van der Waals surface area contributed by atoms with Crippen LogP contribution in [-0.2, 0) is 4.79 Å². The Hall–Kier alpha value is -0.530. The number of carbonyl (C=O) groups is 1. The number of rotatable bonds is 10. The van der Waals surface area contributed by atoms with E-state index in [0.29, 0.717) is 12.3 Å². The Morgan fingerprint density at radius 1 is 0.882 bits per heavy atom. The second kappa shape index (κ2) is 9.49. The molecule has 2 nitrogen and oxygen atoms in total. The van der Waals surface area contributed by atoms with Crippen LogP contribution < -0.4 is 0 Å². The first-order valence-corrected chi connectivity index (χ1v) is 7.13. The summed E-state index contributed by atoms with van der Waals surface area (Å²) < 4.78 is 0. The van der Waals surface area contributed by atoms with Crippen molar-refractivity contribution in [3.63, 3.8) is 0 Å². The lowest BCUT2D eigenvalue weighted by atomic mass is 9.93. The number of hydrogen-bond acceptors (Lipinski definition) is 1. The molecular formula is C15H30O2. The summed E-state index contributed by atoms with van der Waals surface area (Å²) in [5, 5.41) is 8.66. The molecule has 0 saturated carbocycles. The molecule has 0 aromatic carbocycles. The van der Waals surface area contributed by atoms with E-state index in [2.05, 4.69) is 20.8 Å². The lowest BCUT2D eigenvalue weighted by Gasteiger charge is -2.13. The van der Waals surface area contributed by atoms with Gasteiger partial charge in [0, 0.05) is 6.42 Å². The van der Waals surface area contributed by atoms with Crippen molar-refractivity contribution in [2.45, 2.75) is 72.6 Å². The molecule has 0 spiro atoms. The third kappa shape index (κ3) is 11.7. The maximum absolute atomic E-state index is 10.5. The van der Waals surface area contributed by atoms with Crippen LogP contribution in [0.2, 0.25) is 0 Å². The summed E-state index contributed by atoms with van der Waals surface area (Å²) in [6.45, 7) is 8.91. The van der Waals surface area contributed by atoms with Crippen LogP contribution in [0.1, 0.15) is 72.6 Å². The third-order valence-electron chi connectivity index (χ3n) is 3.40. The van der Waals surface area contributed by atoms with E-state index in [0.717, 1.165) is 18.3 Å². The number of carboxylic acid groups (broad SMARTS) is 1. The lowest BCUT2D eigenvalue weighted by Crippen LogP contribution is -2.05. The van der Waals surface area contributed by atoms with Gasteiger partial charge in [-0.3, -0.25) is 4.79 Å². The van der Waals surface area contributed by atoms with Gasteiger partial charge in [-0.1, -0.05) is 66.2 Å². The molecule has 0 saturated heterocycles. The Labute approximate surface area is 107 Å². The summed E-state index contributed by atoms with van der Waals surface area (Å²) in [4.78, 5) is 10.5. The van der Waals surface area contributed by atoms with E-state index < -0.39 is 5.97 Å². The fourth-order valence-corrected chi connectivity index (χ4v) is 2.23. The second-order valence-corrected chi connectivity index (χ2v) is 6.06. The maximum atomic E-state index is 10.5. The van der Waals surface area contributed by atoms with Crippen molar-refractivity contribution in [1.29, 1.82) is 0 Å². The van der Waals surface area contributed by atoms with Crippen LogP contribution in [0.4, 0.5) is 0 Å². The first kappa shape index (κ1) is 16.5. The van der Waals surface area contributed by atoms with Crippen molar-refractivity contribution in [3.8, 4) is 0 Å². The molecule has 0 aromatic rings. The fraction of sp³-hybridized carbons (Fsp3) is 0.933. The van der Waals surface area contributed by atoms with Gasteiger partial charge in [-0.2, -0.15) is 0 Å².